The Morgan fingerprint density at radius 1 is 1.40 bits per heavy atom. The number of benzene rings is 1. The van der Waals surface area contributed by atoms with Crippen LogP contribution in [-0.2, 0) is 6.54 Å². The summed E-state index contributed by atoms with van der Waals surface area (Å²) in [6.07, 6.45) is 0. The van der Waals surface area contributed by atoms with Gasteiger partial charge < -0.3 is 4.57 Å². The van der Waals surface area contributed by atoms with Crippen molar-refractivity contribution < 1.29 is 9.18 Å². The van der Waals surface area contributed by atoms with Crippen molar-refractivity contribution in [3.8, 4) is 0 Å². The highest BCUT2D eigenvalue weighted by Gasteiger charge is 2.11. The number of nitrogens with zero attached hydrogens (tertiary/aromatic N) is 1. The molecule has 15 heavy (non-hydrogen) atoms. The molecule has 1 aromatic heterocycles. The summed E-state index contributed by atoms with van der Waals surface area (Å²) in [6.45, 7) is 4.13. The fourth-order valence-electron chi connectivity index (χ4n) is 1.86. The highest BCUT2D eigenvalue weighted by molar-refractivity contribution is 5.98. The quantitative estimate of drug-likeness (QED) is 0.691. The summed E-state index contributed by atoms with van der Waals surface area (Å²) in [5.41, 5.74) is 1.42. The van der Waals surface area contributed by atoms with Crippen LogP contribution in [0.2, 0.25) is 0 Å². The summed E-state index contributed by atoms with van der Waals surface area (Å²) in [4.78, 5) is 11.4. The van der Waals surface area contributed by atoms with Crippen LogP contribution >= 0.6 is 0 Å². The topological polar surface area (TPSA) is 22.0 Å². The van der Waals surface area contributed by atoms with Gasteiger partial charge in [0, 0.05) is 18.9 Å². The molecule has 0 aliphatic carbocycles. The molecule has 0 saturated carbocycles. The number of halogens is 1. The van der Waals surface area contributed by atoms with Crippen molar-refractivity contribution in [2.75, 3.05) is 0 Å². The van der Waals surface area contributed by atoms with E-state index in [1.165, 1.54) is 19.1 Å². The molecule has 2 rings (SSSR count). The molecule has 3 heteroatoms. The lowest BCUT2D eigenvalue weighted by atomic mass is 10.2. The summed E-state index contributed by atoms with van der Waals surface area (Å²) in [6, 6.07) is 6.38. The number of Topliss-reactive ketones (excluding diaryl/α,β-unsaturated/α-hetero) is 1. The Morgan fingerprint density at radius 2 is 2.13 bits per heavy atom. The molecule has 0 fully saturated rings. The van der Waals surface area contributed by atoms with Gasteiger partial charge >= 0.3 is 0 Å². The Kier molecular flexibility index (Phi) is 2.31. The van der Waals surface area contributed by atoms with Crippen molar-refractivity contribution in [3.63, 3.8) is 0 Å². The number of hydrogen-bond donors (Lipinski definition) is 0. The largest absolute Gasteiger partial charge is 0.338 e. The maximum atomic E-state index is 13.1. The second-order valence-electron chi connectivity index (χ2n) is 3.53. The molecule has 0 saturated heterocycles. The van der Waals surface area contributed by atoms with Gasteiger partial charge in [0.1, 0.15) is 5.82 Å². The Hall–Kier alpha value is -1.64. The number of aromatic nitrogens is 1. The number of hydrogen-bond acceptors (Lipinski definition) is 1. The monoisotopic (exact) mass is 205 g/mol. The van der Waals surface area contributed by atoms with E-state index in [1.807, 2.05) is 11.5 Å². The van der Waals surface area contributed by atoms with Gasteiger partial charge in [-0.1, -0.05) is 0 Å². The van der Waals surface area contributed by atoms with Crippen LogP contribution in [0.15, 0.2) is 24.3 Å². The second kappa shape index (κ2) is 3.50. The van der Waals surface area contributed by atoms with Gasteiger partial charge in [0.25, 0.3) is 0 Å². The van der Waals surface area contributed by atoms with Crippen molar-refractivity contribution >= 4 is 16.7 Å². The lowest BCUT2D eigenvalue weighted by Gasteiger charge is -2.04. The standard InChI is InChI=1S/C12H12FNO/c1-3-14-11(8(2)15)6-9-4-5-10(13)7-12(9)14/h4-7H,3H2,1-2H3. The van der Waals surface area contributed by atoms with Crippen molar-refractivity contribution in [2.24, 2.45) is 0 Å². The van der Waals surface area contributed by atoms with E-state index in [0.29, 0.717) is 12.2 Å². The Balaban J connectivity index is 2.79. The lowest BCUT2D eigenvalue weighted by Crippen LogP contribution is -2.04. The highest BCUT2D eigenvalue weighted by atomic mass is 19.1. The molecule has 0 radical (unpaired) electrons. The molecular weight excluding hydrogens is 193 g/mol. The second-order valence-corrected chi connectivity index (χ2v) is 3.53. The van der Waals surface area contributed by atoms with Crippen LogP contribution in [0.5, 0.6) is 0 Å². The minimum absolute atomic E-state index is 0.00783. The Morgan fingerprint density at radius 3 is 2.73 bits per heavy atom. The van der Waals surface area contributed by atoms with Gasteiger partial charge in [0.2, 0.25) is 0 Å². The van der Waals surface area contributed by atoms with Crippen LogP contribution in [0.1, 0.15) is 24.3 Å². The molecule has 2 nitrogen and oxygen atoms in total. The number of rotatable bonds is 2. The number of carbonyl (C=O) groups is 1. The van der Waals surface area contributed by atoms with Crippen LogP contribution in [-0.4, -0.2) is 10.4 Å². The normalized spacial score (nSPS) is 10.9. The molecule has 0 spiro atoms. The molecule has 0 N–H and O–H groups in total. The summed E-state index contributed by atoms with van der Waals surface area (Å²) >= 11 is 0. The van der Waals surface area contributed by atoms with Crippen molar-refractivity contribution in [1.29, 1.82) is 0 Å². The first-order chi connectivity index (χ1) is 7.13. The maximum absolute atomic E-state index is 13.1. The first-order valence-electron chi connectivity index (χ1n) is 4.93. The zero-order valence-corrected chi connectivity index (χ0v) is 8.75. The molecule has 0 bridgehead atoms. The molecule has 0 amide bonds. The average molecular weight is 205 g/mol. The predicted octanol–water partition coefficient (Wildman–Crippen LogP) is 3.00. The molecule has 0 atom stereocenters. The Bertz CT molecular complexity index is 528. The van der Waals surface area contributed by atoms with E-state index in [9.17, 15) is 9.18 Å². The molecule has 0 aliphatic rings. The van der Waals surface area contributed by atoms with Gasteiger partial charge in [-0.25, -0.2) is 4.39 Å². The highest BCUT2D eigenvalue weighted by Crippen LogP contribution is 2.21. The van der Waals surface area contributed by atoms with E-state index in [2.05, 4.69) is 0 Å². The summed E-state index contributed by atoms with van der Waals surface area (Å²) in [7, 11) is 0. The van der Waals surface area contributed by atoms with E-state index >= 15 is 0 Å². The number of carbonyl (C=O) groups excluding carboxylic acids is 1. The third-order valence-electron chi connectivity index (χ3n) is 2.54. The van der Waals surface area contributed by atoms with Gasteiger partial charge in [-0.3, -0.25) is 4.79 Å². The van der Waals surface area contributed by atoms with Crippen LogP contribution in [0, 0.1) is 5.82 Å². The van der Waals surface area contributed by atoms with E-state index in [1.54, 1.807) is 12.1 Å². The number of ketones is 1. The van der Waals surface area contributed by atoms with E-state index < -0.39 is 0 Å². The van der Waals surface area contributed by atoms with Crippen LogP contribution in [0.3, 0.4) is 0 Å². The van der Waals surface area contributed by atoms with Crippen molar-refractivity contribution in [2.45, 2.75) is 20.4 Å². The van der Waals surface area contributed by atoms with Crippen molar-refractivity contribution in [3.05, 3.63) is 35.8 Å². The molecule has 78 valence electrons. The zero-order chi connectivity index (χ0) is 11.0. The maximum Gasteiger partial charge on any atom is 0.176 e. The van der Waals surface area contributed by atoms with E-state index in [0.717, 1.165) is 10.9 Å². The first-order valence-corrected chi connectivity index (χ1v) is 4.93. The minimum atomic E-state index is -0.273. The summed E-state index contributed by atoms with van der Waals surface area (Å²) in [5, 5.41) is 0.906. The average Bonchev–Trinajstić information content (AvgIpc) is 2.55. The SMILES string of the molecule is CCn1c(C(C)=O)cc2ccc(F)cc21. The molecule has 1 aromatic carbocycles. The fourth-order valence-corrected chi connectivity index (χ4v) is 1.86. The molecule has 2 aromatic rings. The summed E-state index contributed by atoms with van der Waals surface area (Å²) < 4.78 is 14.9. The Labute approximate surface area is 87.3 Å². The molecule has 1 heterocycles. The zero-order valence-electron chi connectivity index (χ0n) is 8.75. The lowest BCUT2D eigenvalue weighted by molar-refractivity contribution is 0.100. The smallest absolute Gasteiger partial charge is 0.176 e. The third-order valence-corrected chi connectivity index (χ3v) is 2.54. The van der Waals surface area contributed by atoms with Crippen LogP contribution in [0.25, 0.3) is 10.9 Å². The van der Waals surface area contributed by atoms with Gasteiger partial charge in [0.15, 0.2) is 5.78 Å². The van der Waals surface area contributed by atoms with E-state index in [-0.39, 0.29) is 11.6 Å². The first kappa shape index (κ1) is 9.90. The van der Waals surface area contributed by atoms with Gasteiger partial charge in [-0.2, -0.15) is 0 Å². The fraction of sp³-hybridized carbons (Fsp3) is 0.250. The van der Waals surface area contributed by atoms with Gasteiger partial charge in [-0.15, -0.1) is 0 Å². The molecule has 0 aliphatic heterocycles. The molecule has 0 unspecified atom stereocenters. The number of aryl methyl sites for hydroxylation is 1. The van der Waals surface area contributed by atoms with E-state index in [4.69, 9.17) is 0 Å². The van der Waals surface area contributed by atoms with Crippen molar-refractivity contribution in [1.82, 2.24) is 4.57 Å². The minimum Gasteiger partial charge on any atom is -0.338 e. The van der Waals surface area contributed by atoms with Gasteiger partial charge in [0.05, 0.1) is 11.2 Å². The number of fused-ring (bicyclic) bond motifs is 1. The summed E-state index contributed by atoms with van der Waals surface area (Å²) in [5.74, 6) is -0.265. The van der Waals surface area contributed by atoms with Crippen LogP contribution < -0.4 is 0 Å². The van der Waals surface area contributed by atoms with Crippen LogP contribution in [0.4, 0.5) is 4.39 Å². The predicted molar refractivity (Wildman–Crippen MR) is 57.6 cm³/mol. The van der Waals surface area contributed by atoms with Gasteiger partial charge in [-0.05, 0) is 31.2 Å². The molecular formula is C12H12FNO. The third kappa shape index (κ3) is 1.54.